The number of halogens is 3. The van der Waals surface area contributed by atoms with Crippen LogP contribution < -0.4 is 10.6 Å². The second kappa shape index (κ2) is 5.92. The normalized spacial score (nSPS) is 20.2. The number of carbonyl (C=O) groups is 1. The molecule has 0 saturated carbocycles. The Morgan fingerprint density at radius 3 is 2.57 bits per heavy atom. The van der Waals surface area contributed by atoms with Gasteiger partial charge in [0.2, 0.25) is 5.91 Å². The topological polar surface area (TPSA) is 75.3 Å². The Balaban J connectivity index is 1.89. The average molecular weight is 322 g/mol. The third-order valence-corrected chi connectivity index (χ3v) is 4.84. The molecule has 2 N–H and O–H groups in total. The summed E-state index contributed by atoms with van der Waals surface area (Å²) < 4.78 is 61.5. The quantitative estimate of drug-likeness (QED) is 0.805. The molecule has 1 fully saturated rings. The largest absolute Gasteiger partial charge is 0.374 e. The molecule has 1 aliphatic heterocycles. The molecule has 1 aliphatic rings. The Kier molecular flexibility index (Phi) is 4.40. The van der Waals surface area contributed by atoms with Crippen LogP contribution in [0.1, 0.15) is 6.42 Å². The van der Waals surface area contributed by atoms with Crippen LogP contribution in [-0.4, -0.2) is 38.4 Å². The number of nitrogens with one attached hydrogen (secondary N) is 2. The van der Waals surface area contributed by atoms with E-state index in [4.69, 9.17) is 0 Å². The van der Waals surface area contributed by atoms with Crippen molar-refractivity contribution in [2.75, 3.05) is 23.4 Å². The van der Waals surface area contributed by atoms with Crippen LogP contribution in [0.25, 0.3) is 0 Å². The molecule has 0 unspecified atom stereocenters. The zero-order valence-corrected chi connectivity index (χ0v) is 11.6. The number of benzene rings is 1. The third kappa shape index (κ3) is 3.87. The van der Waals surface area contributed by atoms with Crippen molar-refractivity contribution in [1.29, 1.82) is 0 Å². The maximum atomic E-state index is 13.3. The van der Waals surface area contributed by atoms with Crippen LogP contribution in [0, 0.1) is 17.5 Å². The first-order valence-corrected chi connectivity index (χ1v) is 7.98. The number of sulfone groups is 1. The number of hydrogen-bond acceptors (Lipinski definition) is 4. The van der Waals surface area contributed by atoms with Crippen molar-refractivity contribution in [3.8, 4) is 0 Å². The minimum absolute atomic E-state index is 0.0170. The minimum Gasteiger partial charge on any atom is -0.374 e. The van der Waals surface area contributed by atoms with Crippen LogP contribution >= 0.6 is 0 Å². The maximum Gasteiger partial charge on any atom is 0.239 e. The van der Waals surface area contributed by atoms with E-state index in [0.717, 1.165) is 12.1 Å². The predicted octanol–water partition coefficient (Wildman–Crippen LogP) is 0.819. The van der Waals surface area contributed by atoms with E-state index in [-0.39, 0.29) is 23.7 Å². The molecule has 5 nitrogen and oxygen atoms in total. The summed E-state index contributed by atoms with van der Waals surface area (Å²) in [5, 5.41) is 4.81. The van der Waals surface area contributed by atoms with Gasteiger partial charge in [-0.1, -0.05) is 0 Å². The summed E-state index contributed by atoms with van der Waals surface area (Å²) in [5.41, 5.74) is -0.344. The maximum absolute atomic E-state index is 13.3. The van der Waals surface area contributed by atoms with Crippen molar-refractivity contribution in [1.82, 2.24) is 5.32 Å². The first kappa shape index (κ1) is 15.6. The fraction of sp³-hybridized carbons (Fsp3) is 0.417. The van der Waals surface area contributed by atoms with Gasteiger partial charge in [-0.2, -0.15) is 0 Å². The van der Waals surface area contributed by atoms with Gasteiger partial charge >= 0.3 is 0 Å². The molecule has 0 radical (unpaired) electrons. The van der Waals surface area contributed by atoms with Gasteiger partial charge in [0.25, 0.3) is 0 Å². The van der Waals surface area contributed by atoms with Crippen molar-refractivity contribution in [3.05, 3.63) is 29.6 Å². The van der Waals surface area contributed by atoms with Crippen LogP contribution in [0.2, 0.25) is 0 Å². The molecule has 1 heterocycles. The van der Waals surface area contributed by atoms with Gasteiger partial charge < -0.3 is 10.6 Å². The van der Waals surface area contributed by atoms with Gasteiger partial charge in [-0.25, -0.2) is 21.6 Å². The molecular weight excluding hydrogens is 309 g/mol. The molecule has 1 aromatic rings. The van der Waals surface area contributed by atoms with Crippen LogP contribution in [0.5, 0.6) is 0 Å². The molecule has 1 atom stereocenters. The number of carbonyl (C=O) groups excluding carboxylic acids is 1. The second-order valence-electron chi connectivity index (χ2n) is 4.74. The highest BCUT2D eigenvalue weighted by atomic mass is 32.2. The minimum atomic E-state index is -3.11. The highest BCUT2D eigenvalue weighted by Crippen LogP contribution is 2.19. The molecule has 21 heavy (non-hydrogen) atoms. The lowest BCUT2D eigenvalue weighted by Gasteiger charge is -2.12. The molecular formula is C12H13F3N2O3S. The van der Waals surface area contributed by atoms with Crippen molar-refractivity contribution < 1.29 is 26.4 Å². The van der Waals surface area contributed by atoms with E-state index in [1.807, 2.05) is 0 Å². The standard InChI is InChI=1S/C12H13F3N2O3S/c13-8-1-2-9(12(15)11(8)14)16-5-10(18)17-7-3-4-21(19,20)6-7/h1-2,7,16H,3-6H2,(H,17,18)/t7-/m1/s1. The second-order valence-corrected chi connectivity index (χ2v) is 6.97. The number of rotatable bonds is 4. The Morgan fingerprint density at radius 2 is 1.95 bits per heavy atom. The monoisotopic (exact) mass is 322 g/mol. The van der Waals surface area contributed by atoms with Gasteiger partial charge in [0, 0.05) is 6.04 Å². The summed E-state index contributed by atoms with van der Waals surface area (Å²) in [7, 11) is -3.11. The number of amides is 1. The summed E-state index contributed by atoms with van der Waals surface area (Å²) in [4.78, 5) is 11.6. The number of anilines is 1. The summed E-state index contributed by atoms with van der Waals surface area (Å²) >= 11 is 0. The Labute approximate surface area is 119 Å². The molecule has 0 bridgehead atoms. The summed E-state index contributed by atoms with van der Waals surface area (Å²) in [6.45, 7) is -0.376. The summed E-state index contributed by atoms with van der Waals surface area (Å²) in [5.74, 6) is -5.02. The molecule has 1 saturated heterocycles. The van der Waals surface area contributed by atoms with Gasteiger partial charge in [-0.3, -0.25) is 4.79 Å². The van der Waals surface area contributed by atoms with Crippen molar-refractivity contribution in [3.63, 3.8) is 0 Å². The molecule has 0 aromatic heterocycles. The zero-order valence-electron chi connectivity index (χ0n) is 10.8. The smallest absolute Gasteiger partial charge is 0.239 e. The van der Waals surface area contributed by atoms with Crippen molar-refractivity contribution in [2.24, 2.45) is 0 Å². The van der Waals surface area contributed by atoms with Crippen LogP contribution in [0.4, 0.5) is 18.9 Å². The molecule has 0 aliphatic carbocycles. The van der Waals surface area contributed by atoms with E-state index >= 15 is 0 Å². The van der Waals surface area contributed by atoms with E-state index in [0.29, 0.717) is 6.42 Å². The first-order valence-electron chi connectivity index (χ1n) is 6.15. The molecule has 1 aromatic carbocycles. The third-order valence-electron chi connectivity index (χ3n) is 3.07. The van der Waals surface area contributed by atoms with Gasteiger partial charge in [0.1, 0.15) is 0 Å². The lowest BCUT2D eigenvalue weighted by molar-refractivity contribution is -0.119. The lowest BCUT2D eigenvalue weighted by Crippen LogP contribution is -2.39. The Hall–Kier alpha value is -1.77. The average Bonchev–Trinajstić information content (AvgIpc) is 2.74. The van der Waals surface area contributed by atoms with Gasteiger partial charge in [-0.15, -0.1) is 0 Å². The highest BCUT2D eigenvalue weighted by molar-refractivity contribution is 7.91. The van der Waals surface area contributed by atoms with E-state index in [1.54, 1.807) is 0 Å². The molecule has 116 valence electrons. The number of hydrogen-bond donors (Lipinski definition) is 2. The van der Waals surface area contributed by atoms with E-state index in [9.17, 15) is 26.4 Å². The van der Waals surface area contributed by atoms with E-state index in [2.05, 4.69) is 10.6 Å². The van der Waals surface area contributed by atoms with Crippen molar-refractivity contribution >= 4 is 21.4 Å². The molecule has 2 rings (SSSR count). The fourth-order valence-corrected chi connectivity index (χ4v) is 3.70. The fourth-order valence-electron chi connectivity index (χ4n) is 2.03. The highest BCUT2D eigenvalue weighted by Gasteiger charge is 2.28. The Morgan fingerprint density at radius 1 is 1.24 bits per heavy atom. The first-order chi connectivity index (χ1) is 9.78. The zero-order chi connectivity index (χ0) is 15.6. The van der Waals surface area contributed by atoms with Crippen LogP contribution in [-0.2, 0) is 14.6 Å². The van der Waals surface area contributed by atoms with Gasteiger partial charge in [0.05, 0.1) is 23.7 Å². The van der Waals surface area contributed by atoms with E-state index in [1.165, 1.54) is 0 Å². The summed E-state index contributed by atoms with van der Waals surface area (Å²) in [6.07, 6.45) is 0.327. The van der Waals surface area contributed by atoms with Crippen LogP contribution in [0.3, 0.4) is 0 Å². The molecule has 9 heteroatoms. The van der Waals surface area contributed by atoms with E-state index < -0.39 is 39.2 Å². The lowest BCUT2D eigenvalue weighted by atomic mass is 10.2. The Bertz CT molecular complexity index is 664. The molecule has 0 spiro atoms. The summed E-state index contributed by atoms with van der Waals surface area (Å²) in [6, 6.07) is 1.24. The van der Waals surface area contributed by atoms with Gasteiger partial charge in [0.15, 0.2) is 27.3 Å². The van der Waals surface area contributed by atoms with Crippen LogP contribution in [0.15, 0.2) is 12.1 Å². The van der Waals surface area contributed by atoms with Gasteiger partial charge in [-0.05, 0) is 18.6 Å². The molecule has 1 amide bonds. The SMILES string of the molecule is O=C(CNc1ccc(F)c(F)c1F)N[C@@H]1CCS(=O)(=O)C1. The predicted molar refractivity (Wildman–Crippen MR) is 70.0 cm³/mol. The van der Waals surface area contributed by atoms with Crippen molar-refractivity contribution in [2.45, 2.75) is 12.5 Å².